The van der Waals surface area contributed by atoms with Crippen LogP contribution in [0.15, 0.2) is 41.4 Å². The van der Waals surface area contributed by atoms with E-state index in [0.29, 0.717) is 10.8 Å². The first kappa shape index (κ1) is 14.7. The van der Waals surface area contributed by atoms with E-state index in [4.69, 9.17) is 16.3 Å². The highest BCUT2D eigenvalue weighted by molar-refractivity contribution is 6.30. The molecule has 0 fully saturated rings. The predicted molar refractivity (Wildman–Crippen MR) is 77.1 cm³/mol. The van der Waals surface area contributed by atoms with E-state index in [0.717, 1.165) is 11.6 Å². The lowest BCUT2D eigenvalue weighted by molar-refractivity contribution is -0.384. The van der Waals surface area contributed by atoms with E-state index >= 15 is 0 Å². The number of aliphatic imine (C=N–C) groups is 1. The zero-order chi connectivity index (χ0) is 15.4. The molecule has 0 aromatic heterocycles. The van der Waals surface area contributed by atoms with Gasteiger partial charge in [-0.15, -0.1) is 0 Å². The first-order valence-corrected chi connectivity index (χ1v) is 6.19. The Morgan fingerprint density at radius 2 is 2.05 bits per heavy atom. The molecule has 7 heteroatoms. The number of nitro benzene ring substituents is 1. The fourth-order valence-electron chi connectivity index (χ4n) is 1.70. The number of carbonyl (C=O) groups excluding carboxylic acids is 1. The van der Waals surface area contributed by atoms with Crippen LogP contribution in [-0.4, -0.2) is 11.0 Å². The molecule has 2 aromatic rings. The Bertz CT molecular complexity index is 734. The average molecular weight is 305 g/mol. The summed E-state index contributed by atoms with van der Waals surface area (Å²) in [7, 11) is 0. The summed E-state index contributed by atoms with van der Waals surface area (Å²) in [5.41, 5.74) is 0.642. The summed E-state index contributed by atoms with van der Waals surface area (Å²) in [6, 6.07) is 8.82. The third-order valence-electron chi connectivity index (χ3n) is 2.63. The van der Waals surface area contributed by atoms with E-state index in [1.54, 1.807) is 25.1 Å². The molecule has 0 amide bonds. The van der Waals surface area contributed by atoms with Crippen LogP contribution in [0.4, 0.5) is 11.4 Å². The Morgan fingerprint density at radius 1 is 1.29 bits per heavy atom. The van der Waals surface area contributed by atoms with E-state index in [1.807, 2.05) is 0 Å². The minimum absolute atomic E-state index is 0.0980. The number of non-ortho nitro benzene ring substituents is 1. The number of ether oxygens (including phenoxy) is 1. The maximum absolute atomic E-state index is 10.9. The molecule has 0 aliphatic heterocycles. The van der Waals surface area contributed by atoms with Crippen LogP contribution in [0, 0.1) is 17.0 Å². The second-order valence-corrected chi connectivity index (χ2v) is 4.59. The fraction of sp³-hybridized carbons (Fsp3) is 0.0714. The minimum Gasteiger partial charge on any atom is -0.457 e. The number of hydrogen-bond donors (Lipinski definition) is 0. The van der Waals surface area contributed by atoms with Gasteiger partial charge < -0.3 is 4.74 Å². The second kappa shape index (κ2) is 6.17. The molecule has 2 rings (SSSR count). The number of aryl methyl sites for hydroxylation is 1. The van der Waals surface area contributed by atoms with Gasteiger partial charge in [0.1, 0.15) is 11.5 Å². The van der Waals surface area contributed by atoms with Crippen LogP contribution in [0.1, 0.15) is 5.56 Å². The molecule has 0 bridgehead atoms. The van der Waals surface area contributed by atoms with Gasteiger partial charge in [-0.1, -0.05) is 11.6 Å². The molecule has 0 saturated carbocycles. The van der Waals surface area contributed by atoms with Crippen LogP contribution in [0.5, 0.6) is 11.5 Å². The molecule has 6 nitrogen and oxygen atoms in total. The average Bonchev–Trinajstić information content (AvgIpc) is 2.42. The van der Waals surface area contributed by atoms with Crippen molar-refractivity contribution in [2.24, 2.45) is 4.99 Å². The van der Waals surface area contributed by atoms with Gasteiger partial charge in [0.2, 0.25) is 6.08 Å². The number of nitro groups is 1. The molecule has 0 spiro atoms. The summed E-state index contributed by atoms with van der Waals surface area (Å²) in [6.45, 7) is 1.79. The normalized spacial score (nSPS) is 9.81. The smallest absolute Gasteiger partial charge is 0.275 e. The quantitative estimate of drug-likeness (QED) is 0.364. The molecule has 0 unspecified atom stereocenters. The molecule has 0 N–H and O–H groups in total. The third kappa shape index (κ3) is 3.66. The summed E-state index contributed by atoms with van der Waals surface area (Å²) in [6.07, 6.45) is 1.34. The molecule has 0 radical (unpaired) electrons. The molecule has 106 valence electrons. The third-order valence-corrected chi connectivity index (χ3v) is 2.86. The summed E-state index contributed by atoms with van der Waals surface area (Å²) in [4.78, 5) is 24.0. The number of halogens is 1. The van der Waals surface area contributed by atoms with E-state index in [1.165, 1.54) is 18.2 Å². The monoisotopic (exact) mass is 304 g/mol. The van der Waals surface area contributed by atoms with Crippen molar-refractivity contribution in [3.63, 3.8) is 0 Å². The highest BCUT2D eigenvalue weighted by atomic mass is 35.5. The van der Waals surface area contributed by atoms with Gasteiger partial charge in [-0.25, -0.2) is 4.79 Å². The highest BCUT2D eigenvalue weighted by Gasteiger charge is 2.12. The van der Waals surface area contributed by atoms with Crippen molar-refractivity contribution in [3.8, 4) is 11.5 Å². The van der Waals surface area contributed by atoms with Crippen LogP contribution in [-0.2, 0) is 4.79 Å². The highest BCUT2D eigenvalue weighted by Crippen LogP contribution is 2.32. The van der Waals surface area contributed by atoms with Crippen LogP contribution < -0.4 is 4.74 Å². The Labute approximate surface area is 124 Å². The van der Waals surface area contributed by atoms with E-state index in [9.17, 15) is 14.9 Å². The molecular formula is C14H9ClN2O4. The Morgan fingerprint density at radius 3 is 2.67 bits per heavy atom. The maximum Gasteiger partial charge on any atom is 0.275 e. The molecule has 0 aliphatic carbocycles. The van der Waals surface area contributed by atoms with Gasteiger partial charge in [0.15, 0.2) is 0 Å². The minimum atomic E-state index is -0.592. The second-order valence-electron chi connectivity index (χ2n) is 4.16. The van der Waals surface area contributed by atoms with Crippen molar-refractivity contribution in [1.29, 1.82) is 0 Å². The van der Waals surface area contributed by atoms with E-state index in [2.05, 4.69) is 4.99 Å². The summed E-state index contributed by atoms with van der Waals surface area (Å²) >= 11 is 5.85. The molecule has 0 saturated heterocycles. The first-order chi connectivity index (χ1) is 9.99. The van der Waals surface area contributed by atoms with Gasteiger partial charge in [-0.2, -0.15) is 4.99 Å². The molecule has 0 heterocycles. The number of isocyanates is 1. The maximum atomic E-state index is 10.9. The van der Waals surface area contributed by atoms with Gasteiger partial charge in [-0.3, -0.25) is 10.1 Å². The number of nitrogens with zero attached hydrogens (tertiary/aromatic N) is 2. The first-order valence-electron chi connectivity index (χ1n) is 5.81. The zero-order valence-electron chi connectivity index (χ0n) is 10.9. The molecule has 21 heavy (non-hydrogen) atoms. The number of benzene rings is 2. The molecule has 0 atom stereocenters. The number of rotatable bonds is 4. The standard InChI is InChI=1S/C14H9ClN2O4/c1-9-4-10(15)2-3-14(9)21-13-6-11(16-8-18)5-12(7-13)17(19)20/h2-7H,1H3. The molecule has 2 aromatic carbocycles. The van der Waals surface area contributed by atoms with Gasteiger partial charge in [0, 0.05) is 17.2 Å². The van der Waals surface area contributed by atoms with Crippen molar-refractivity contribution in [2.45, 2.75) is 6.92 Å². The van der Waals surface area contributed by atoms with Crippen molar-refractivity contribution in [1.82, 2.24) is 0 Å². The summed E-state index contributed by atoms with van der Waals surface area (Å²) in [5, 5.41) is 11.4. The lowest BCUT2D eigenvalue weighted by Crippen LogP contribution is -1.91. The Kier molecular flexibility index (Phi) is 4.33. The van der Waals surface area contributed by atoms with Gasteiger partial charge in [0.05, 0.1) is 16.7 Å². The zero-order valence-corrected chi connectivity index (χ0v) is 11.6. The van der Waals surface area contributed by atoms with E-state index in [-0.39, 0.29) is 17.1 Å². The van der Waals surface area contributed by atoms with Crippen LogP contribution in [0.3, 0.4) is 0 Å². The van der Waals surface area contributed by atoms with E-state index < -0.39 is 4.92 Å². The van der Waals surface area contributed by atoms with Crippen molar-refractivity contribution in [2.75, 3.05) is 0 Å². The van der Waals surface area contributed by atoms with Crippen molar-refractivity contribution >= 4 is 29.1 Å². The van der Waals surface area contributed by atoms with Gasteiger partial charge in [-0.05, 0) is 30.7 Å². The van der Waals surface area contributed by atoms with Gasteiger partial charge in [0.25, 0.3) is 5.69 Å². The molecule has 0 aliphatic rings. The topological polar surface area (TPSA) is 81.8 Å². The van der Waals surface area contributed by atoms with Crippen molar-refractivity contribution in [3.05, 3.63) is 57.1 Å². The fourth-order valence-corrected chi connectivity index (χ4v) is 1.93. The Balaban J connectivity index is 2.43. The number of hydrogen-bond acceptors (Lipinski definition) is 5. The van der Waals surface area contributed by atoms with Crippen molar-refractivity contribution < 1.29 is 14.5 Å². The Hall–Kier alpha value is -2.69. The van der Waals surface area contributed by atoms with Crippen LogP contribution in [0.25, 0.3) is 0 Å². The summed E-state index contributed by atoms with van der Waals surface area (Å²) < 4.78 is 5.59. The largest absolute Gasteiger partial charge is 0.457 e. The van der Waals surface area contributed by atoms with Crippen LogP contribution in [0.2, 0.25) is 5.02 Å². The molecular weight excluding hydrogens is 296 g/mol. The summed E-state index contributed by atoms with van der Waals surface area (Å²) in [5.74, 6) is 0.699. The predicted octanol–water partition coefficient (Wildman–Crippen LogP) is 4.32. The lowest BCUT2D eigenvalue weighted by Gasteiger charge is -2.09. The van der Waals surface area contributed by atoms with Crippen LogP contribution >= 0.6 is 11.6 Å². The van der Waals surface area contributed by atoms with Gasteiger partial charge >= 0.3 is 0 Å². The SMILES string of the molecule is Cc1cc(Cl)ccc1Oc1cc(N=C=O)cc([N+](=O)[O-])c1. The lowest BCUT2D eigenvalue weighted by atomic mass is 10.2.